The SMILES string of the molecule is CN(C(=O)C=CC(=O)O)c1nccs1. The molecular formula is C8H8N2O3S. The Morgan fingerprint density at radius 3 is 2.79 bits per heavy atom. The van der Waals surface area contributed by atoms with E-state index in [4.69, 9.17) is 5.11 Å². The number of aliphatic carboxylic acids is 1. The first kappa shape index (κ1) is 10.4. The highest BCUT2D eigenvalue weighted by Crippen LogP contribution is 2.15. The van der Waals surface area contributed by atoms with Crippen LogP contribution in [0.4, 0.5) is 5.13 Å². The number of thiazole rings is 1. The molecule has 14 heavy (non-hydrogen) atoms. The maximum atomic E-state index is 11.3. The van der Waals surface area contributed by atoms with Crippen molar-refractivity contribution in [3.63, 3.8) is 0 Å². The summed E-state index contributed by atoms with van der Waals surface area (Å²) in [5.74, 6) is -1.56. The van der Waals surface area contributed by atoms with E-state index in [0.29, 0.717) is 5.13 Å². The van der Waals surface area contributed by atoms with Crippen molar-refractivity contribution in [3.05, 3.63) is 23.7 Å². The molecule has 5 nitrogen and oxygen atoms in total. The minimum Gasteiger partial charge on any atom is -0.478 e. The predicted molar refractivity (Wildman–Crippen MR) is 52.3 cm³/mol. The molecule has 0 saturated carbocycles. The summed E-state index contributed by atoms with van der Waals surface area (Å²) in [7, 11) is 1.54. The molecule has 1 heterocycles. The van der Waals surface area contributed by atoms with Gasteiger partial charge in [-0.3, -0.25) is 9.69 Å². The average molecular weight is 212 g/mol. The lowest BCUT2D eigenvalue weighted by Gasteiger charge is -2.09. The van der Waals surface area contributed by atoms with Crippen molar-refractivity contribution in [2.45, 2.75) is 0 Å². The van der Waals surface area contributed by atoms with Crippen LogP contribution in [0.1, 0.15) is 0 Å². The second kappa shape index (κ2) is 4.52. The van der Waals surface area contributed by atoms with Crippen molar-refractivity contribution in [1.82, 2.24) is 4.98 Å². The molecule has 1 aromatic rings. The van der Waals surface area contributed by atoms with Gasteiger partial charge in [-0.2, -0.15) is 0 Å². The zero-order valence-corrected chi connectivity index (χ0v) is 8.19. The van der Waals surface area contributed by atoms with Gasteiger partial charge in [0.2, 0.25) is 0 Å². The van der Waals surface area contributed by atoms with Crippen LogP contribution in [0, 0.1) is 0 Å². The molecule has 0 aromatic carbocycles. The van der Waals surface area contributed by atoms with Crippen molar-refractivity contribution in [1.29, 1.82) is 0 Å². The van der Waals surface area contributed by atoms with Crippen LogP contribution < -0.4 is 4.90 Å². The summed E-state index contributed by atoms with van der Waals surface area (Å²) in [6, 6.07) is 0. The molecule has 0 bridgehead atoms. The van der Waals surface area contributed by atoms with Gasteiger partial charge in [-0.1, -0.05) is 0 Å². The van der Waals surface area contributed by atoms with Gasteiger partial charge < -0.3 is 5.11 Å². The summed E-state index contributed by atoms with van der Waals surface area (Å²) in [4.78, 5) is 26.6. The molecule has 0 aliphatic rings. The summed E-state index contributed by atoms with van der Waals surface area (Å²) in [5, 5.41) is 10.6. The van der Waals surface area contributed by atoms with Crippen LogP contribution in [0.5, 0.6) is 0 Å². The number of nitrogens with zero attached hydrogens (tertiary/aromatic N) is 2. The lowest BCUT2D eigenvalue weighted by atomic mass is 10.4. The van der Waals surface area contributed by atoms with Gasteiger partial charge in [0.15, 0.2) is 5.13 Å². The number of carbonyl (C=O) groups excluding carboxylic acids is 1. The van der Waals surface area contributed by atoms with Crippen LogP contribution in [-0.4, -0.2) is 29.0 Å². The number of carbonyl (C=O) groups is 2. The summed E-state index contributed by atoms with van der Waals surface area (Å²) in [5.41, 5.74) is 0. The predicted octanol–water partition coefficient (Wildman–Crippen LogP) is 0.747. The van der Waals surface area contributed by atoms with Gasteiger partial charge in [0.25, 0.3) is 5.91 Å². The fourth-order valence-electron chi connectivity index (χ4n) is 0.730. The van der Waals surface area contributed by atoms with Crippen molar-refractivity contribution in [3.8, 4) is 0 Å². The fraction of sp³-hybridized carbons (Fsp3) is 0.125. The van der Waals surface area contributed by atoms with Crippen LogP contribution in [0.25, 0.3) is 0 Å². The maximum Gasteiger partial charge on any atom is 0.328 e. The molecule has 0 radical (unpaired) electrons. The summed E-state index contributed by atoms with van der Waals surface area (Å²) in [6.07, 6.45) is 3.36. The zero-order chi connectivity index (χ0) is 10.6. The number of hydrogen-bond donors (Lipinski definition) is 1. The number of hydrogen-bond acceptors (Lipinski definition) is 4. The van der Waals surface area contributed by atoms with E-state index in [1.54, 1.807) is 11.6 Å². The fourth-order valence-corrected chi connectivity index (χ4v) is 1.34. The standard InChI is InChI=1S/C8H8N2O3S/c1-10(8-9-4-5-14-8)6(11)2-3-7(12)13/h2-5H,1H3,(H,12,13). The molecule has 1 rings (SSSR count). The van der Waals surface area contributed by atoms with Crippen molar-refractivity contribution < 1.29 is 14.7 Å². The highest BCUT2D eigenvalue weighted by Gasteiger charge is 2.09. The second-order valence-corrected chi connectivity index (χ2v) is 3.26. The Kier molecular flexibility index (Phi) is 3.35. The van der Waals surface area contributed by atoms with E-state index < -0.39 is 11.9 Å². The van der Waals surface area contributed by atoms with Gasteiger partial charge in [0, 0.05) is 30.8 Å². The second-order valence-electron chi connectivity index (χ2n) is 2.38. The highest BCUT2D eigenvalue weighted by molar-refractivity contribution is 7.13. The Hall–Kier alpha value is -1.69. The molecule has 0 atom stereocenters. The Morgan fingerprint density at radius 2 is 2.29 bits per heavy atom. The van der Waals surface area contributed by atoms with Crippen LogP contribution in [0.3, 0.4) is 0 Å². The first-order chi connectivity index (χ1) is 6.61. The van der Waals surface area contributed by atoms with E-state index in [1.807, 2.05) is 0 Å². The number of carboxylic acid groups (broad SMARTS) is 1. The van der Waals surface area contributed by atoms with E-state index in [9.17, 15) is 9.59 Å². The number of carboxylic acids is 1. The summed E-state index contributed by atoms with van der Waals surface area (Å²) in [6.45, 7) is 0. The number of anilines is 1. The Bertz CT molecular complexity index is 359. The van der Waals surface area contributed by atoms with E-state index in [0.717, 1.165) is 12.2 Å². The van der Waals surface area contributed by atoms with Crippen molar-refractivity contribution in [2.75, 3.05) is 11.9 Å². The molecule has 1 aromatic heterocycles. The summed E-state index contributed by atoms with van der Waals surface area (Å²) >= 11 is 1.31. The third-order valence-electron chi connectivity index (χ3n) is 1.41. The number of likely N-dealkylation sites (N-methyl/N-ethyl adjacent to an activating group) is 1. The van der Waals surface area contributed by atoms with Crippen molar-refractivity contribution in [2.24, 2.45) is 0 Å². The maximum absolute atomic E-state index is 11.3. The molecule has 0 fully saturated rings. The van der Waals surface area contributed by atoms with Gasteiger partial charge >= 0.3 is 5.97 Å². The molecule has 0 saturated heterocycles. The van der Waals surface area contributed by atoms with E-state index in [-0.39, 0.29) is 0 Å². The minimum atomic E-state index is -1.15. The molecule has 0 spiro atoms. The highest BCUT2D eigenvalue weighted by atomic mass is 32.1. The molecule has 0 unspecified atom stereocenters. The summed E-state index contributed by atoms with van der Waals surface area (Å²) < 4.78 is 0. The average Bonchev–Trinajstić information content (AvgIpc) is 2.65. The van der Waals surface area contributed by atoms with Gasteiger partial charge in [0.1, 0.15) is 0 Å². The smallest absolute Gasteiger partial charge is 0.328 e. The number of amides is 1. The molecule has 0 aliphatic heterocycles. The van der Waals surface area contributed by atoms with Gasteiger partial charge in [-0.15, -0.1) is 11.3 Å². The third kappa shape index (κ3) is 2.67. The number of aromatic nitrogens is 1. The Morgan fingerprint density at radius 1 is 1.57 bits per heavy atom. The van der Waals surface area contributed by atoms with Gasteiger partial charge in [-0.25, -0.2) is 9.78 Å². The molecule has 0 aliphatic carbocycles. The molecule has 74 valence electrons. The van der Waals surface area contributed by atoms with Gasteiger partial charge in [0.05, 0.1) is 0 Å². The zero-order valence-electron chi connectivity index (χ0n) is 7.38. The van der Waals surface area contributed by atoms with Crippen LogP contribution >= 0.6 is 11.3 Å². The van der Waals surface area contributed by atoms with Crippen LogP contribution in [-0.2, 0) is 9.59 Å². The van der Waals surface area contributed by atoms with Crippen molar-refractivity contribution >= 4 is 28.3 Å². The van der Waals surface area contributed by atoms with Crippen LogP contribution in [0.15, 0.2) is 23.7 Å². The molecule has 6 heteroatoms. The Balaban J connectivity index is 2.67. The Labute approximate surface area is 84.3 Å². The molecule has 1 amide bonds. The molecule has 1 N–H and O–H groups in total. The first-order valence-electron chi connectivity index (χ1n) is 3.69. The first-order valence-corrected chi connectivity index (χ1v) is 4.57. The minimum absolute atomic E-state index is 0.414. The van der Waals surface area contributed by atoms with E-state index in [1.165, 1.54) is 23.3 Å². The lowest BCUT2D eigenvalue weighted by molar-refractivity contribution is -0.131. The number of rotatable bonds is 3. The normalized spacial score (nSPS) is 10.4. The quantitative estimate of drug-likeness (QED) is 0.750. The monoisotopic (exact) mass is 212 g/mol. The largest absolute Gasteiger partial charge is 0.478 e. The van der Waals surface area contributed by atoms with Gasteiger partial charge in [-0.05, 0) is 0 Å². The lowest BCUT2D eigenvalue weighted by Crippen LogP contribution is -2.23. The van der Waals surface area contributed by atoms with E-state index in [2.05, 4.69) is 4.98 Å². The van der Waals surface area contributed by atoms with E-state index >= 15 is 0 Å². The van der Waals surface area contributed by atoms with Crippen LogP contribution in [0.2, 0.25) is 0 Å². The third-order valence-corrected chi connectivity index (χ3v) is 2.25. The molecular weight excluding hydrogens is 204 g/mol. The topological polar surface area (TPSA) is 70.5 Å².